The van der Waals surface area contributed by atoms with Gasteiger partial charge in [-0.15, -0.1) is 0 Å². The smallest absolute Gasteiger partial charge is 0.472 e. The molecule has 0 aromatic heterocycles. The molecule has 4 N–H and O–H groups in total. The zero-order chi connectivity index (χ0) is 34.1. The van der Waals surface area contributed by atoms with E-state index in [1.165, 1.54) is 109 Å². The predicted molar refractivity (Wildman–Crippen MR) is 185 cm³/mol. The predicted octanol–water partition coefficient (Wildman–Crippen LogP) is 9.25. The lowest BCUT2D eigenvalue weighted by Crippen LogP contribution is -2.34. The second kappa shape index (κ2) is 32.5. The van der Waals surface area contributed by atoms with E-state index in [4.69, 9.17) is 24.8 Å². The van der Waals surface area contributed by atoms with Crippen molar-refractivity contribution in [1.29, 1.82) is 0 Å². The first kappa shape index (κ1) is 45.0. The minimum absolute atomic E-state index is 0.0244. The van der Waals surface area contributed by atoms with Crippen molar-refractivity contribution in [2.75, 3.05) is 26.4 Å². The van der Waals surface area contributed by atoms with Crippen LogP contribution in [-0.2, 0) is 32.7 Å². The highest BCUT2D eigenvalue weighted by Crippen LogP contribution is 2.43. The number of rotatable bonds is 36. The number of unbranched alkanes of at least 4 members (excludes halogenated alkanes) is 22. The highest BCUT2D eigenvalue weighted by atomic mass is 31.2. The van der Waals surface area contributed by atoms with Gasteiger partial charge in [0.2, 0.25) is 0 Å². The molecule has 0 radical (unpaired) electrons. The van der Waals surface area contributed by atoms with Gasteiger partial charge in [0, 0.05) is 13.0 Å². The molecular formula is C35H70NO9P. The highest BCUT2D eigenvalue weighted by Gasteiger charge is 2.27. The number of carboxylic acid groups (broad SMARTS) is 1. The molecule has 0 spiro atoms. The van der Waals surface area contributed by atoms with Crippen LogP contribution in [-0.4, -0.2) is 60.5 Å². The van der Waals surface area contributed by atoms with Gasteiger partial charge in [0.1, 0.15) is 12.1 Å². The Labute approximate surface area is 280 Å². The Bertz CT molecular complexity index is 756. The Morgan fingerprint density at radius 2 is 1.00 bits per heavy atom. The summed E-state index contributed by atoms with van der Waals surface area (Å²) >= 11 is 0. The molecule has 1 unspecified atom stereocenters. The van der Waals surface area contributed by atoms with Crippen molar-refractivity contribution in [2.45, 2.75) is 187 Å². The van der Waals surface area contributed by atoms with Crippen LogP contribution in [0.15, 0.2) is 0 Å². The van der Waals surface area contributed by atoms with Gasteiger partial charge in [-0.05, 0) is 12.8 Å². The van der Waals surface area contributed by atoms with Crippen LogP contribution in [0.3, 0.4) is 0 Å². The van der Waals surface area contributed by atoms with E-state index in [1.807, 2.05) is 0 Å². The van der Waals surface area contributed by atoms with Gasteiger partial charge in [-0.3, -0.25) is 18.6 Å². The third-order valence-electron chi connectivity index (χ3n) is 8.14. The molecule has 0 aliphatic heterocycles. The number of ether oxygens (including phenoxy) is 2. The Morgan fingerprint density at radius 1 is 0.609 bits per heavy atom. The lowest BCUT2D eigenvalue weighted by Gasteiger charge is -2.20. The van der Waals surface area contributed by atoms with Gasteiger partial charge in [0.15, 0.2) is 0 Å². The molecule has 11 heteroatoms. The minimum atomic E-state index is -4.59. The molecule has 0 saturated heterocycles. The number of phosphoric acid groups is 1. The number of carbonyl (C=O) groups is 2. The number of carbonyl (C=O) groups excluding carboxylic acids is 1. The van der Waals surface area contributed by atoms with Crippen molar-refractivity contribution in [3.8, 4) is 0 Å². The van der Waals surface area contributed by atoms with Crippen LogP contribution in [0.5, 0.6) is 0 Å². The van der Waals surface area contributed by atoms with Gasteiger partial charge < -0.3 is 25.2 Å². The molecule has 0 aliphatic carbocycles. The zero-order valence-corrected chi connectivity index (χ0v) is 30.3. The van der Waals surface area contributed by atoms with Gasteiger partial charge in [0.05, 0.1) is 19.8 Å². The van der Waals surface area contributed by atoms with Crippen molar-refractivity contribution in [2.24, 2.45) is 5.73 Å². The second-order valence-corrected chi connectivity index (χ2v) is 14.2. The van der Waals surface area contributed by atoms with E-state index in [2.05, 4.69) is 18.4 Å². The second-order valence-electron chi connectivity index (χ2n) is 12.7. The Kier molecular flexibility index (Phi) is 31.8. The van der Waals surface area contributed by atoms with Gasteiger partial charge in [-0.25, -0.2) is 4.57 Å². The molecule has 274 valence electrons. The molecule has 0 aromatic carbocycles. The van der Waals surface area contributed by atoms with Crippen molar-refractivity contribution in [3.63, 3.8) is 0 Å². The topological polar surface area (TPSA) is 155 Å². The first-order valence-electron chi connectivity index (χ1n) is 18.6. The molecular weight excluding hydrogens is 609 g/mol. The van der Waals surface area contributed by atoms with E-state index < -0.39 is 45.1 Å². The van der Waals surface area contributed by atoms with Crippen molar-refractivity contribution in [3.05, 3.63) is 0 Å². The summed E-state index contributed by atoms with van der Waals surface area (Å²) in [6.45, 7) is 3.86. The Balaban J connectivity index is 4.19. The SMILES string of the molecule is CCCCCCCCCCCCCCCCCCOC[C@H](COP(=O)(O)OC[C@H](N)C(=O)O)OC(=O)CCCCCCCCCC. The normalized spacial score (nSPS) is 14.2. The molecule has 0 heterocycles. The number of nitrogens with two attached hydrogens (primary N) is 1. The summed E-state index contributed by atoms with van der Waals surface area (Å²) in [5, 5.41) is 8.84. The average molecular weight is 680 g/mol. The van der Waals surface area contributed by atoms with Gasteiger partial charge >= 0.3 is 19.8 Å². The van der Waals surface area contributed by atoms with Gasteiger partial charge in [-0.2, -0.15) is 0 Å². The molecule has 0 aromatic rings. The van der Waals surface area contributed by atoms with Gasteiger partial charge in [-0.1, -0.05) is 155 Å². The maximum Gasteiger partial charge on any atom is 0.472 e. The monoisotopic (exact) mass is 679 g/mol. The van der Waals surface area contributed by atoms with Crippen molar-refractivity contribution >= 4 is 19.8 Å². The Hall–Kier alpha value is -1.03. The lowest BCUT2D eigenvalue weighted by molar-refractivity contribution is -0.154. The van der Waals surface area contributed by atoms with Crippen LogP contribution < -0.4 is 5.73 Å². The molecule has 0 fully saturated rings. The summed E-state index contributed by atoms with van der Waals surface area (Å²) in [6, 6.07) is -1.47. The third kappa shape index (κ3) is 31.6. The zero-order valence-electron chi connectivity index (χ0n) is 29.4. The van der Waals surface area contributed by atoms with E-state index in [1.54, 1.807) is 0 Å². The molecule has 46 heavy (non-hydrogen) atoms. The summed E-state index contributed by atoms with van der Waals surface area (Å²) in [4.78, 5) is 33.2. The van der Waals surface area contributed by atoms with E-state index >= 15 is 0 Å². The van der Waals surface area contributed by atoms with E-state index in [0.29, 0.717) is 6.61 Å². The molecule has 0 amide bonds. The summed E-state index contributed by atoms with van der Waals surface area (Å²) in [5.74, 6) is -1.78. The molecule has 10 nitrogen and oxygen atoms in total. The molecule has 3 atom stereocenters. The third-order valence-corrected chi connectivity index (χ3v) is 9.09. The van der Waals surface area contributed by atoms with Crippen LogP contribution in [0.4, 0.5) is 0 Å². The molecule has 0 aliphatic rings. The first-order valence-corrected chi connectivity index (χ1v) is 20.1. The molecule has 0 bridgehead atoms. The maximum atomic E-state index is 12.5. The fourth-order valence-electron chi connectivity index (χ4n) is 5.19. The Morgan fingerprint density at radius 3 is 1.43 bits per heavy atom. The number of hydrogen-bond acceptors (Lipinski definition) is 8. The first-order chi connectivity index (χ1) is 22.2. The fraction of sp³-hybridized carbons (Fsp3) is 0.943. The van der Waals surface area contributed by atoms with Crippen molar-refractivity contribution in [1.82, 2.24) is 0 Å². The fourth-order valence-corrected chi connectivity index (χ4v) is 5.97. The van der Waals surface area contributed by atoms with Crippen LogP contribution in [0.2, 0.25) is 0 Å². The molecule has 0 rings (SSSR count). The quantitative estimate of drug-likeness (QED) is 0.0331. The standard InChI is InChI=1S/C35H70NO9P/c1-3-5-7-9-11-13-14-15-16-17-18-19-20-22-24-26-28-42-29-32(30-43-46(40,41)44-31-33(36)35(38)39)45-34(37)27-25-23-21-12-10-8-6-4-2/h32-33H,3-31,36H2,1-2H3,(H,38,39)(H,40,41)/t32-,33+/m1/s1. The summed E-state index contributed by atoms with van der Waals surface area (Å²) in [7, 11) is -4.59. The minimum Gasteiger partial charge on any atom is -0.480 e. The molecule has 0 saturated carbocycles. The number of carboxylic acids is 1. The average Bonchev–Trinajstić information content (AvgIpc) is 3.03. The summed E-state index contributed by atoms with van der Waals surface area (Å²) in [5.41, 5.74) is 5.32. The maximum absolute atomic E-state index is 12.5. The number of esters is 1. The summed E-state index contributed by atoms with van der Waals surface area (Å²) in [6.07, 6.45) is 28.8. The van der Waals surface area contributed by atoms with Crippen molar-refractivity contribution < 1.29 is 42.7 Å². The number of aliphatic carboxylic acids is 1. The van der Waals surface area contributed by atoms with Crippen LogP contribution in [0.25, 0.3) is 0 Å². The largest absolute Gasteiger partial charge is 0.480 e. The summed E-state index contributed by atoms with van der Waals surface area (Å²) < 4.78 is 33.1. The number of hydrogen-bond donors (Lipinski definition) is 3. The highest BCUT2D eigenvalue weighted by molar-refractivity contribution is 7.47. The van der Waals surface area contributed by atoms with Crippen LogP contribution in [0, 0.1) is 0 Å². The van der Waals surface area contributed by atoms with E-state index in [-0.39, 0.29) is 13.0 Å². The van der Waals surface area contributed by atoms with E-state index in [0.717, 1.165) is 44.9 Å². The van der Waals surface area contributed by atoms with E-state index in [9.17, 15) is 19.0 Å². The van der Waals surface area contributed by atoms with Gasteiger partial charge in [0.25, 0.3) is 0 Å². The lowest BCUT2D eigenvalue weighted by atomic mass is 10.0. The number of phosphoric ester groups is 1. The van der Waals surface area contributed by atoms with Crippen LogP contribution in [0.1, 0.15) is 174 Å². The van der Waals surface area contributed by atoms with Crippen LogP contribution >= 0.6 is 7.82 Å².